The molecule has 6 nitrogen and oxygen atoms in total. The van der Waals surface area contributed by atoms with E-state index in [4.69, 9.17) is 14.2 Å². The van der Waals surface area contributed by atoms with Crippen molar-refractivity contribution in [3.8, 4) is 11.5 Å². The fourth-order valence-electron chi connectivity index (χ4n) is 3.18. The standard InChI is InChI=1S/C21H26N2O4/c1-25-19-9-8-17(12-20(19)26-2)21(24)22-13-18-15-23(10-11-27-18)14-16-6-4-3-5-7-16/h3-9,12,18H,10-11,13-15H2,1-2H3,(H,22,24). The van der Waals surface area contributed by atoms with Crippen molar-refractivity contribution in [2.75, 3.05) is 40.5 Å². The van der Waals surface area contributed by atoms with E-state index in [0.717, 1.165) is 19.6 Å². The lowest BCUT2D eigenvalue weighted by Crippen LogP contribution is -2.47. The minimum atomic E-state index is -0.153. The summed E-state index contributed by atoms with van der Waals surface area (Å²) in [5, 5.41) is 2.95. The topological polar surface area (TPSA) is 60.0 Å². The molecule has 0 aromatic heterocycles. The molecule has 0 saturated carbocycles. The van der Waals surface area contributed by atoms with Crippen molar-refractivity contribution in [2.24, 2.45) is 0 Å². The normalized spacial score (nSPS) is 17.3. The minimum absolute atomic E-state index is 0.0217. The Morgan fingerprint density at radius 2 is 1.93 bits per heavy atom. The maximum absolute atomic E-state index is 12.5. The van der Waals surface area contributed by atoms with Crippen molar-refractivity contribution >= 4 is 5.91 Å². The molecule has 0 radical (unpaired) electrons. The van der Waals surface area contributed by atoms with E-state index in [1.54, 1.807) is 32.4 Å². The quantitative estimate of drug-likeness (QED) is 0.811. The summed E-state index contributed by atoms with van der Waals surface area (Å²) >= 11 is 0. The summed E-state index contributed by atoms with van der Waals surface area (Å²) in [7, 11) is 3.12. The van der Waals surface area contributed by atoms with Gasteiger partial charge < -0.3 is 19.5 Å². The lowest BCUT2D eigenvalue weighted by molar-refractivity contribution is -0.0292. The predicted molar refractivity (Wildman–Crippen MR) is 103 cm³/mol. The molecule has 1 atom stereocenters. The van der Waals surface area contributed by atoms with Gasteiger partial charge in [-0.05, 0) is 23.8 Å². The van der Waals surface area contributed by atoms with Crippen molar-refractivity contribution in [2.45, 2.75) is 12.6 Å². The van der Waals surface area contributed by atoms with E-state index in [1.807, 2.05) is 6.07 Å². The van der Waals surface area contributed by atoms with Crippen molar-refractivity contribution in [3.05, 3.63) is 59.7 Å². The van der Waals surface area contributed by atoms with Gasteiger partial charge in [-0.1, -0.05) is 30.3 Å². The first kappa shape index (κ1) is 19.2. The number of morpholine rings is 1. The predicted octanol–water partition coefficient (Wildman–Crippen LogP) is 2.33. The lowest BCUT2D eigenvalue weighted by atomic mass is 10.1. The number of hydrogen-bond donors (Lipinski definition) is 1. The molecule has 2 aromatic rings. The largest absolute Gasteiger partial charge is 0.493 e. The average molecular weight is 370 g/mol. The van der Waals surface area contributed by atoms with Crippen molar-refractivity contribution in [3.63, 3.8) is 0 Å². The molecule has 1 fully saturated rings. The van der Waals surface area contributed by atoms with Crippen LogP contribution in [0.4, 0.5) is 0 Å². The number of benzene rings is 2. The Kier molecular flexibility index (Phi) is 6.68. The smallest absolute Gasteiger partial charge is 0.251 e. The summed E-state index contributed by atoms with van der Waals surface area (Å²) < 4.78 is 16.3. The molecule has 0 spiro atoms. The fourth-order valence-corrected chi connectivity index (χ4v) is 3.18. The monoisotopic (exact) mass is 370 g/mol. The van der Waals surface area contributed by atoms with Gasteiger partial charge in [-0.3, -0.25) is 9.69 Å². The highest BCUT2D eigenvalue weighted by Crippen LogP contribution is 2.27. The molecule has 1 amide bonds. The molecular formula is C21H26N2O4. The molecule has 0 aliphatic carbocycles. The summed E-state index contributed by atoms with van der Waals surface area (Å²) in [5.74, 6) is 0.981. The second kappa shape index (κ2) is 9.39. The van der Waals surface area contributed by atoms with Crippen LogP contribution in [0.3, 0.4) is 0 Å². The van der Waals surface area contributed by atoms with Gasteiger partial charge in [0.15, 0.2) is 11.5 Å². The molecule has 6 heteroatoms. The number of rotatable bonds is 7. The summed E-state index contributed by atoms with van der Waals surface area (Å²) in [4.78, 5) is 14.8. The zero-order valence-corrected chi connectivity index (χ0v) is 15.8. The zero-order chi connectivity index (χ0) is 19.1. The van der Waals surface area contributed by atoms with Gasteiger partial charge in [0.1, 0.15) is 0 Å². The third-order valence-corrected chi connectivity index (χ3v) is 4.61. The Morgan fingerprint density at radius 3 is 2.67 bits per heavy atom. The van der Waals surface area contributed by atoms with Crippen molar-refractivity contribution in [1.29, 1.82) is 0 Å². The highest BCUT2D eigenvalue weighted by atomic mass is 16.5. The van der Waals surface area contributed by atoms with E-state index in [0.29, 0.717) is 30.2 Å². The molecule has 1 unspecified atom stereocenters. The van der Waals surface area contributed by atoms with E-state index < -0.39 is 0 Å². The third-order valence-electron chi connectivity index (χ3n) is 4.61. The minimum Gasteiger partial charge on any atom is -0.493 e. The van der Waals surface area contributed by atoms with Crippen LogP contribution < -0.4 is 14.8 Å². The molecular weight excluding hydrogens is 344 g/mol. The molecule has 0 bridgehead atoms. The first-order valence-corrected chi connectivity index (χ1v) is 9.07. The molecule has 1 saturated heterocycles. The summed E-state index contributed by atoms with van der Waals surface area (Å²) in [6.45, 7) is 3.72. The Bertz CT molecular complexity index is 751. The van der Waals surface area contributed by atoms with Gasteiger partial charge in [0.2, 0.25) is 0 Å². The highest BCUT2D eigenvalue weighted by molar-refractivity contribution is 5.94. The Balaban J connectivity index is 1.52. The van der Waals surface area contributed by atoms with Gasteiger partial charge in [0.25, 0.3) is 5.91 Å². The highest BCUT2D eigenvalue weighted by Gasteiger charge is 2.21. The Labute approximate surface area is 160 Å². The van der Waals surface area contributed by atoms with Gasteiger partial charge in [-0.15, -0.1) is 0 Å². The van der Waals surface area contributed by atoms with Gasteiger partial charge >= 0.3 is 0 Å². The fraction of sp³-hybridized carbons (Fsp3) is 0.381. The van der Waals surface area contributed by atoms with Crippen LogP contribution in [-0.2, 0) is 11.3 Å². The van der Waals surface area contributed by atoms with Crippen LogP contribution in [-0.4, -0.2) is 57.4 Å². The number of carbonyl (C=O) groups excluding carboxylic acids is 1. The van der Waals surface area contributed by atoms with E-state index in [1.165, 1.54) is 5.56 Å². The number of carbonyl (C=O) groups is 1. The maximum atomic E-state index is 12.5. The zero-order valence-electron chi connectivity index (χ0n) is 15.8. The molecule has 1 aliphatic heterocycles. The molecule has 27 heavy (non-hydrogen) atoms. The first-order chi connectivity index (χ1) is 13.2. The van der Waals surface area contributed by atoms with Crippen molar-refractivity contribution in [1.82, 2.24) is 10.2 Å². The molecule has 2 aromatic carbocycles. The SMILES string of the molecule is COc1ccc(C(=O)NCC2CN(Cc3ccccc3)CCO2)cc1OC. The van der Waals surface area contributed by atoms with Gasteiger partial charge in [-0.2, -0.15) is 0 Å². The van der Waals surface area contributed by atoms with Crippen LogP contribution in [0.15, 0.2) is 48.5 Å². The van der Waals surface area contributed by atoms with Crippen LogP contribution in [0.2, 0.25) is 0 Å². The number of hydrogen-bond acceptors (Lipinski definition) is 5. The lowest BCUT2D eigenvalue weighted by Gasteiger charge is -2.33. The van der Waals surface area contributed by atoms with Crippen LogP contribution in [0, 0.1) is 0 Å². The number of nitrogens with one attached hydrogen (secondary N) is 1. The average Bonchev–Trinajstić information content (AvgIpc) is 2.72. The molecule has 1 aliphatic rings. The summed E-state index contributed by atoms with van der Waals surface area (Å²) in [6, 6.07) is 15.5. The van der Waals surface area contributed by atoms with Gasteiger partial charge in [0, 0.05) is 31.7 Å². The first-order valence-electron chi connectivity index (χ1n) is 9.07. The van der Waals surface area contributed by atoms with Crippen molar-refractivity contribution < 1.29 is 19.0 Å². The van der Waals surface area contributed by atoms with E-state index in [-0.39, 0.29) is 12.0 Å². The second-order valence-corrected chi connectivity index (χ2v) is 6.49. The maximum Gasteiger partial charge on any atom is 0.251 e. The van der Waals surface area contributed by atoms with Gasteiger partial charge in [-0.25, -0.2) is 0 Å². The third kappa shape index (κ3) is 5.21. The molecule has 1 heterocycles. The number of ether oxygens (including phenoxy) is 3. The number of amides is 1. The summed E-state index contributed by atoms with van der Waals surface area (Å²) in [6.07, 6.45) is -0.0217. The van der Waals surface area contributed by atoms with E-state index >= 15 is 0 Å². The van der Waals surface area contributed by atoms with E-state index in [2.05, 4.69) is 34.5 Å². The van der Waals surface area contributed by atoms with Crippen LogP contribution >= 0.6 is 0 Å². The number of methoxy groups -OCH3 is 2. The van der Waals surface area contributed by atoms with E-state index in [9.17, 15) is 4.79 Å². The second-order valence-electron chi connectivity index (χ2n) is 6.49. The van der Waals surface area contributed by atoms with Crippen LogP contribution in [0.1, 0.15) is 15.9 Å². The van der Waals surface area contributed by atoms with Crippen LogP contribution in [0.25, 0.3) is 0 Å². The molecule has 144 valence electrons. The Hall–Kier alpha value is -2.57. The Morgan fingerprint density at radius 1 is 1.15 bits per heavy atom. The van der Waals surface area contributed by atoms with Gasteiger partial charge in [0.05, 0.1) is 26.9 Å². The number of nitrogens with zero attached hydrogens (tertiary/aromatic N) is 1. The molecule has 3 rings (SSSR count). The summed E-state index contributed by atoms with van der Waals surface area (Å²) in [5.41, 5.74) is 1.82. The van der Waals surface area contributed by atoms with Crippen LogP contribution in [0.5, 0.6) is 11.5 Å². The molecule has 1 N–H and O–H groups in total.